The van der Waals surface area contributed by atoms with Crippen LogP contribution in [0.1, 0.15) is 52.9 Å². The van der Waals surface area contributed by atoms with Crippen molar-refractivity contribution in [3.63, 3.8) is 0 Å². The van der Waals surface area contributed by atoms with E-state index in [1.165, 1.54) is 0 Å². The van der Waals surface area contributed by atoms with E-state index in [0.29, 0.717) is 13.0 Å². The molecule has 1 amide bonds. The van der Waals surface area contributed by atoms with Crippen LogP contribution in [0.2, 0.25) is 0 Å². The van der Waals surface area contributed by atoms with Gasteiger partial charge >= 0.3 is 5.97 Å². The van der Waals surface area contributed by atoms with Gasteiger partial charge in [-0.05, 0) is 46.1 Å². The minimum atomic E-state index is -0.800. The van der Waals surface area contributed by atoms with Crippen LogP contribution in [-0.4, -0.2) is 47.6 Å². The van der Waals surface area contributed by atoms with Gasteiger partial charge in [0.25, 0.3) is 0 Å². The molecule has 5 heteroatoms. The highest BCUT2D eigenvalue weighted by atomic mass is 16.4. The van der Waals surface area contributed by atoms with E-state index in [1.54, 1.807) is 0 Å². The van der Waals surface area contributed by atoms with Crippen LogP contribution in [0, 0.1) is 5.41 Å². The predicted molar refractivity (Wildman–Crippen MR) is 78.5 cm³/mol. The molecule has 1 unspecified atom stereocenters. The van der Waals surface area contributed by atoms with Crippen LogP contribution in [-0.2, 0) is 9.59 Å². The number of carboxylic acids is 1. The molecule has 1 fully saturated rings. The maximum absolute atomic E-state index is 12.9. The Morgan fingerprint density at radius 2 is 2.10 bits per heavy atom. The molecule has 1 aliphatic rings. The lowest BCUT2D eigenvalue weighted by Gasteiger charge is -2.41. The number of nitrogens with zero attached hydrogens (tertiary/aromatic N) is 1. The molecule has 1 atom stereocenters. The van der Waals surface area contributed by atoms with E-state index in [4.69, 9.17) is 5.11 Å². The fraction of sp³-hybridized carbons (Fsp3) is 0.867. The Labute approximate surface area is 121 Å². The van der Waals surface area contributed by atoms with Crippen LogP contribution in [0.25, 0.3) is 0 Å². The van der Waals surface area contributed by atoms with Crippen LogP contribution < -0.4 is 5.32 Å². The minimum absolute atomic E-state index is 0.113. The molecule has 0 radical (unpaired) electrons. The van der Waals surface area contributed by atoms with Crippen LogP contribution in [0.15, 0.2) is 0 Å². The molecule has 0 aromatic rings. The Bertz CT molecular complexity index is 336. The van der Waals surface area contributed by atoms with Gasteiger partial charge in [0.2, 0.25) is 5.91 Å². The molecule has 5 nitrogen and oxygen atoms in total. The van der Waals surface area contributed by atoms with Gasteiger partial charge in [0.1, 0.15) is 0 Å². The first-order valence-electron chi connectivity index (χ1n) is 7.66. The molecule has 1 rings (SSSR count). The second-order valence-corrected chi connectivity index (χ2v) is 6.00. The van der Waals surface area contributed by atoms with Gasteiger partial charge in [0.15, 0.2) is 0 Å². The summed E-state index contributed by atoms with van der Waals surface area (Å²) in [7, 11) is 0. The van der Waals surface area contributed by atoms with Crippen LogP contribution in [0.3, 0.4) is 0 Å². The SMILES string of the molecule is CCC1(C(=O)N(CCCC(=O)O)C(C)C)CCCNC1. The fourth-order valence-electron chi connectivity index (χ4n) is 2.90. The number of carbonyl (C=O) groups is 2. The van der Waals surface area contributed by atoms with Crippen molar-refractivity contribution in [3.05, 3.63) is 0 Å². The van der Waals surface area contributed by atoms with Gasteiger partial charge in [0, 0.05) is 25.6 Å². The van der Waals surface area contributed by atoms with Crippen molar-refractivity contribution in [2.45, 2.75) is 58.9 Å². The van der Waals surface area contributed by atoms with E-state index >= 15 is 0 Å². The van der Waals surface area contributed by atoms with Crippen molar-refractivity contribution in [1.29, 1.82) is 0 Å². The van der Waals surface area contributed by atoms with Gasteiger partial charge in [-0.2, -0.15) is 0 Å². The predicted octanol–water partition coefficient (Wildman–Crippen LogP) is 1.87. The first kappa shape index (κ1) is 17.0. The summed E-state index contributed by atoms with van der Waals surface area (Å²) in [6.45, 7) is 8.32. The molecule has 116 valence electrons. The number of amides is 1. The van der Waals surface area contributed by atoms with Crippen molar-refractivity contribution in [3.8, 4) is 0 Å². The summed E-state index contributed by atoms with van der Waals surface area (Å²) in [5.74, 6) is -0.613. The van der Waals surface area contributed by atoms with Crippen LogP contribution >= 0.6 is 0 Å². The number of hydrogen-bond acceptors (Lipinski definition) is 3. The van der Waals surface area contributed by atoms with Crippen molar-refractivity contribution >= 4 is 11.9 Å². The lowest BCUT2D eigenvalue weighted by atomic mass is 9.76. The average molecular weight is 284 g/mol. The number of nitrogens with one attached hydrogen (secondary N) is 1. The number of rotatable bonds is 7. The Hall–Kier alpha value is -1.10. The summed E-state index contributed by atoms with van der Waals surface area (Å²) in [4.78, 5) is 25.4. The summed E-state index contributed by atoms with van der Waals surface area (Å²) < 4.78 is 0. The second kappa shape index (κ2) is 7.62. The van der Waals surface area contributed by atoms with Gasteiger partial charge in [-0.1, -0.05) is 6.92 Å². The number of carboxylic acid groups (broad SMARTS) is 1. The van der Waals surface area contributed by atoms with Gasteiger partial charge in [0.05, 0.1) is 5.41 Å². The highest BCUT2D eigenvalue weighted by molar-refractivity contribution is 5.83. The highest BCUT2D eigenvalue weighted by Gasteiger charge is 2.41. The maximum atomic E-state index is 12.9. The molecule has 1 saturated heterocycles. The summed E-state index contributed by atoms with van der Waals surface area (Å²) in [5, 5.41) is 12.1. The Kier molecular flexibility index (Phi) is 6.46. The lowest BCUT2D eigenvalue weighted by molar-refractivity contribution is -0.146. The zero-order valence-electron chi connectivity index (χ0n) is 12.9. The molecular weight excluding hydrogens is 256 g/mol. The third-order valence-corrected chi connectivity index (χ3v) is 4.28. The third-order valence-electron chi connectivity index (χ3n) is 4.28. The first-order chi connectivity index (χ1) is 9.43. The number of piperidine rings is 1. The number of hydrogen-bond donors (Lipinski definition) is 2. The van der Waals surface area contributed by atoms with E-state index in [0.717, 1.165) is 32.4 Å². The molecule has 0 aromatic carbocycles. The van der Waals surface area contributed by atoms with Crippen molar-refractivity contribution in [1.82, 2.24) is 10.2 Å². The monoisotopic (exact) mass is 284 g/mol. The normalized spacial score (nSPS) is 22.8. The fourth-order valence-corrected chi connectivity index (χ4v) is 2.90. The van der Waals surface area contributed by atoms with E-state index in [1.807, 2.05) is 18.7 Å². The number of aliphatic carboxylic acids is 1. The third kappa shape index (κ3) is 4.20. The maximum Gasteiger partial charge on any atom is 0.303 e. The number of carbonyl (C=O) groups excluding carboxylic acids is 1. The van der Waals surface area contributed by atoms with Crippen molar-refractivity contribution in [2.75, 3.05) is 19.6 Å². The Balaban J connectivity index is 2.73. The van der Waals surface area contributed by atoms with Gasteiger partial charge in [-0.3, -0.25) is 9.59 Å². The molecule has 0 aromatic heterocycles. The minimum Gasteiger partial charge on any atom is -0.481 e. The molecule has 20 heavy (non-hydrogen) atoms. The Morgan fingerprint density at radius 3 is 2.55 bits per heavy atom. The average Bonchev–Trinajstić information content (AvgIpc) is 2.43. The molecule has 2 N–H and O–H groups in total. The van der Waals surface area contributed by atoms with E-state index in [9.17, 15) is 9.59 Å². The highest BCUT2D eigenvalue weighted by Crippen LogP contribution is 2.33. The van der Waals surface area contributed by atoms with Gasteiger partial charge in [-0.15, -0.1) is 0 Å². The zero-order chi connectivity index (χ0) is 15.2. The van der Waals surface area contributed by atoms with Crippen molar-refractivity contribution < 1.29 is 14.7 Å². The quantitative estimate of drug-likeness (QED) is 0.749. The molecule has 0 bridgehead atoms. The van der Waals surface area contributed by atoms with Gasteiger partial charge in [-0.25, -0.2) is 0 Å². The molecule has 1 heterocycles. The lowest BCUT2D eigenvalue weighted by Crippen LogP contribution is -2.53. The first-order valence-corrected chi connectivity index (χ1v) is 7.66. The second-order valence-electron chi connectivity index (χ2n) is 6.00. The summed E-state index contributed by atoms with van der Waals surface area (Å²) in [6, 6.07) is 0.113. The standard InChI is InChI=1S/C15H28N2O3/c1-4-15(8-6-9-16-11-15)14(20)17(12(2)3)10-5-7-13(18)19/h12,16H,4-11H2,1-3H3,(H,18,19). The zero-order valence-corrected chi connectivity index (χ0v) is 12.9. The Morgan fingerprint density at radius 1 is 1.40 bits per heavy atom. The summed E-state index contributed by atoms with van der Waals surface area (Å²) in [5.41, 5.74) is -0.300. The van der Waals surface area contributed by atoms with Gasteiger partial charge < -0.3 is 15.3 Å². The van der Waals surface area contributed by atoms with Crippen LogP contribution in [0.4, 0.5) is 0 Å². The molecular formula is C15H28N2O3. The van der Waals surface area contributed by atoms with Crippen LogP contribution in [0.5, 0.6) is 0 Å². The smallest absolute Gasteiger partial charge is 0.303 e. The van der Waals surface area contributed by atoms with E-state index in [2.05, 4.69) is 12.2 Å². The largest absolute Gasteiger partial charge is 0.481 e. The molecule has 0 saturated carbocycles. The summed E-state index contributed by atoms with van der Waals surface area (Å²) in [6.07, 6.45) is 3.43. The summed E-state index contributed by atoms with van der Waals surface area (Å²) >= 11 is 0. The van der Waals surface area contributed by atoms with E-state index < -0.39 is 5.97 Å². The van der Waals surface area contributed by atoms with Crippen molar-refractivity contribution in [2.24, 2.45) is 5.41 Å². The molecule has 1 aliphatic heterocycles. The molecule has 0 spiro atoms. The topological polar surface area (TPSA) is 69.6 Å². The van der Waals surface area contributed by atoms with E-state index in [-0.39, 0.29) is 23.8 Å². The molecule has 0 aliphatic carbocycles.